The van der Waals surface area contributed by atoms with Gasteiger partial charge in [-0.05, 0) is 12.1 Å². The summed E-state index contributed by atoms with van der Waals surface area (Å²) >= 11 is 0. The molecule has 1 N–H and O–H groups in total. The maximum absolute atomic E-state index is 14.4. The maximum atomic E-state index is 14.4. The third kappa shape index (κ3) is 2.74. The van der Waals surface area contributed by atoms with Crippen LogP contribution in [-0.4, -0.2) is 41.1 Å². The Labute approximate surface area is 139 Å². The van der Waals surface area contributed by atoms with Gasteiger partial charge in [-0.3, -0.25) is 0 Å². The molecule has 9 heteroatoms. The normalized spacial score (nSPS) is 15.9. The SMILES string of the molecule is Fc1cc(C(F)(F)F)cc2c1nc(N1CCNCC1)c1ncncc12. The molecule has 3 aromatic rings. The Hall–Kier alpha value is -2.55. The molecular weight excluding hydrogens is 338 g/mol. The van der Waals surface area contributed by atoms with E-state index in [9.17, 15) is 17.6 Å². The second kappa shape index (κ2) is 5.76. The van der Waals surface area contributed by atoms with Gasteiger partial charge in [0, 0.05) is 43.1 Å². The Morgan fingerprint density at radius 3 is 2.52 bits per heavy atom. The molecule has 0 radical (unpaired) electrons. The average molecular weight is 351 g/mol. The van der Waals surface area contributed by atoms with Crippen LogP contribution in [0.1, 0.15) is 5.56 Å². The summed E-state index contributed by atoms with van der Waals surface area (Å²) in [6.07, 6.45) is -1.93. The number of piperazine rings is 1. The van der Waals surface area contributed by atoms with Gasteiger partial charge in [-0.25, -0.2) is 19.3 Å². The highest BCUT2D eigenvalue weighted by Crippen LogP contribution is 2.36. The quantitative estimate of drug-likeness (QED) is 0.540. The molecule has 0 spiro atoms. The van der Waals surface area contributed by atoms with Crippen LogP contribution in [0.15, 0.2) is 24.7 Å². The Morgan fingerprint density at radius 1 is 1.04 bits per heavy atom. The fraction of sp³-hybridized carbons (Fsp3) is 0.312. The zero-order valence-corrected chi connectivity index (χ0v) is 12.9. The Balaban J connectivity index is 2.03. The predicted octanol–water partition coefficient (Wildman–Crippen LogP) is 2.75. The van der Waals surface area contributed by atoms with E-state index in [0.29, 0.717) is 35.9 Å². The average Bonchev–Trinajstić information content (AvgIpc) is 2.61. The molecule has 0 atom stereocenters. The van der Waals surface area contributed by atoms with Crippen molar-refractivity contribution < 1.29 is 17.6 Å². The minimum Gasteiger partial charge on any atom is -0.352 e. The lowest BCUT2D eigenvalue weighted by Crippen LogP contribution is -2.44. The highest BCUT2D eigenvalue weighted by Gasteiger charge is 2.32. The van der Waals surface area contributed by atoms with Gasteiger partial charge in [-0.15, -0.1) is 0 Å². The summed E-state index contributed by atoms with van der Waals surface area (Å²) in [6.45, 7) is 2.78. The van der Waals surface area contributed by atoms with E-state index in [-0.39, 0.29) is 10.9 Å². The van der Waals surface area contributed by atoms with Crippen molar-refractivity contribution in [1.82, 2.24) is 20.3 Å². The van der Waals surface area contributed by atoms with Crippen molar-refractivity contribution in [2.75, 3.05) is 31.1 Å². The largest absolute Gasteiger partial charge is 0.416 e. The first-order valence-electron chi connectivity index (χ1n) is 7.71. The van der Waals surface area contributed by atoms with Gasteiger partial charge < -0.3 is 10.2 Å². The highest BCUT2D eigenvalue weighted by molar-refractivity contribution is 6.08. The molecule has 1 fully saturated rings. The zero-order chi connectivity index (χ0) is 17.6. The third-order valence-electron chi connectivity index (χ3n) is 4.24. The molecule has 0 unspecified atom stereocenters. The van der Waals surface area contributed by atoms with Gasteiger partial charge in [0.15, 0.2) is 5.82 Å². The first-order chi connectivity index (χ1) is 11.9. The summed E-state index contributed by atoms with van der Waals surface area (Å²) in [5, 5.41) is 3.61. The Kier molecular flexibility index (Phi) is 3.68. The van der Waals surface area contributed by atoms with Crippen LogP contribution in [0.2, 0.25) is 0 Å². The van der Waals surface area contributed by atoms with Crippen molar-refractivity contribution in [3.63, 3.8) is 0 Å². The standard InChI is InChI=1S/C16H13F4N5/c17-12-6-9(16(18,19)20)5-10-11-7-22-8-23-14(11)15(24-13(10)12)25-3-1-21-2-4-25/h5-8,21H,1-4H2. The lowest BCUT2D eigenvalue weighted by atomic mass is 10.1. The number of pyridine rings is 1. The number of nitrogens with zero attached hydrogens (tertiary/aromatic N) is 4. The molecule has 1 saturated heterocycles. The molecule has 3 heterocycles. The second-order valence-electron chi connectivity index (χ2n) is 5.81. The minimum atomic E-state index is -4.64. The monoisotopic (exact) mass is 351 g/mol. The third-order valence-corrected chi connectivity index (χ3v) is 4.24. The van der Waals surface area contributed by atoms with Crippen LogP contribution >= 0.6 is 0 Å². The van der Waals surface area contributed by atoms with E-state index in [2.05, 4.69) is 20.3 Å². The van der Waals surface area contributed by atoms with Gasteiger partial charge in [0.25, 0.3) is 0 Å². The molecule has 0 bridgehead atoms. The number of anilines is 1. The summed E-state index contributed by atoms with van der Waals surface area (Å²) in [4.78, 5) is 14.3. The number of benzene rings is 1. The number of alkyl halides is 3. The maximum Gasteiger partial charge on any atom is 0.416 e. The summed E-state index contributed by atoms with van der Waals surface area (Å²) in [5.74, 6) is -0.544. The summed E-state index contributed by atoms with van der Waals surface area (Å²) in [5.41, 5.74) is -0.744. The van der Waals surface area contributed by atoms with Gasteiger partial charge in [0.1, 0.15) is 23.2 Å². The molecule has 1 aliphatic rings. The zero-order valence-electron chi connectivity index (χ0n) is 12.9. The predicted molar refractivity (Wildman–Crippen MR) is 84.9 cm³/mol. The molecule has 0 aliphatic carbocycles. The Morgan fingerprint density at radius 2 is 1.80 bits per heavy atom. The number of rotatable bonds is 1. The highest BCUT2D eigenvalue weighted by atomic mass is 19.4. The van der Waals surface area contributed by atoms with Gasteiger partial charge in [0.2, 0.25) is 0 Å². The van der Waals surface area contributed by atoms with E-state index in [1.165, 1.54) is 12.5 Å². The minimum absolute atomic E-state index is 0.0572. The van der Waals surface area contributed by atoms with Crippen LogP contribution in [0.25, 0.3) is 21.8 Å². The molecular formula is C16H13F4N5. The number of halogens is 4. The van der Waals surface area contributed by atoms with Crippen molar-refractivity contribution in [3.8, 4) is 0 Å². The molecule has 4 rings (SSSR count). The van der Waals surface area contributed by atoms with E-state index in [1.807, 2.05) is 4.90 Å². The van der Waals surface area contributed by atoms with Crippen molar-refractivity contribution in [2.45, 2.75) is 6.18 Å². The van der Waals surface area contributed by atoms with E-state index < -0.39 is 17.6 Å². The molecule has 25 heavy (non-hydrogen) atoms. The van der Waals surface area contributed by atoms with Gasteiger partial charge >= 0.3 is 6.18 Å². The van der Waals surface area contributed by atoms with E-state index in [1.54, 1.807) is 0 Å². The van der Waals surface area contributed by atoms with Crippen LogP contribution in [0, 0.1) is 5.82 Å². The smallest absolute Gasteiger partial charge is 0.352 e. The van der Waals surface area contributed by atoms with Gasteiger partial charge in [-0.1, -0.05) is 0 Å². The van der Waals surface area contributed by atoms with Crippen molar-refractivity contribution in [3.05, 3.63) is 36.0 Å². The summed E-state index contributed by atoms with van der Waals surface area (Å²) in [6, 6.07) is 1.38. The Bertz CT molecular complexity index is 951. The van der Waals surface area contributed by atoms with E-state index >= 15 is 0 Å². The van der Waals surface area contributed by atoms with Crippen LogP contribution in [0.4, 0.5) is 23.4 Å². The molecule has 1 aromatic carbocycles. The first-order valence-corrected chi connectivity index (χ1v) is 7.71. The molecule has 130 valence electrons. The topological polar surface area (TPSA) is 53.9 Å². The number of nitrogens with one attached hydrogen (secondary N) is 1. The molecule has 0 saturated carbocycles. The fourth-order valence-corrected chi connectivity index (χ4v) is 3.04. The lowest BCUT2D eigenvalue weighted by Gasteiger charge is -2.29. The van der Waals surface area contributed by atoms with Crippen LogP contribution in [0.3, 0.4) is 0 Å². The first kappa shape index (κ1) is 15.9. The summed E-state index contributed by atoms with van der Waals surface area (Å²) < 4.78 is 53.5. The van der Waals surface area contributed by atoms with Crippen LogP contribution in [-0.2, 0) is 6.18 Å². The molecule has 1 aliphatic heterocycles. The molecule has 2 aromatic heterocycles. The second-order valence-corrected chi connectivity index (χ2v) is 5.81. The van der Waals surface area contributed by atoms with Gasteiger partial charge in [-0.2, -0.15) is 13.2 Å². The number of hydrogen-bond donors (Lipinski definition) is 1. The van der Waals surface area contributed by atoms with E-state index in [4.69, 9.17) is 0 Å². The van der Waals surface area contributed by atoms with Crippen LogP contribution < -0.4 is 10.2 Å². The van der Waals surface area contributed by atoms with Gasteiger partial charge in [0.05, 0.1) is 5.56 Å². The van der Waals surface area contributed by atoms with E-state index in [0.717, 1.165) is 19.2 Å². The van der Waals surface area contributed by atoms with Crippen LogP contribution in [0.5, 0.6) is 0 Å². The number of aromatic nitrogens is 3. The van der Waals surface area contributed by atoms with Crippen molar-refractivity contribution in [2.24, 2.45) is 0 Å². The lowest BCUT2D eigenvalue weighted by molar-refractivity contribution is -0.137. The fourth-order valence-electron chi connectivity index (χ4n) is 3.04. The summed E-state index contributed by atoms with van der Waals surface area (Å²) in [7, 11) is 0. The van der Waals surface area contributed by atoms with Crippen molar-refractivity contribution in [1.29, 1.82) is 0 Å². The molecule has 5 nitrogen and oxygen atoms in total. The number of fused-ring (bicyclic) bond motifs is 3. The number of hydrogen-bond acceptors (Lipinski definition) is 5. The van der Waals surface area contributed by atoms with Crippen molar-refractivity contribution >= 4 is 27.6 Å². The molecule has 0 amide bonds.